The highest BCUT2D eigenvalue weighted by Gasteiger charge is 2.30. The van der Waals surface area contributed by atoms with Crippen molar-refractivity contribution in [2.75, 3.05) is 12.4 Å². The Bertz CT molecular complexity index is 1300. The van der Waals surface area contributed by atoms with Crippen LogP contribution in [0.4, 0.5) is 18.9 Å². The molecule has 0 saturated carbocycles. The molecule has 180 valence electrons. The third-order valence-corrected chi connectivity index (χ3v) is 5.64. The van der Waals surface area contributed by atoms with Gasteiger partial charge in [0.15, 0.2) is 11.5 Å². The van der Waals surface area contributed by atoms with Crippen LogP contribution in [-0.2, 0) is 17.6 Å². The second-order valence-electron chi connectivity index (χ2n) is 7.14. The number of benzene rings is 3. The van der Waals surface area contributed by atoms with E-state index in [1.54, 1.807) is 30.3 Å². The van der Waals surface area contributed by atoms with Gasteiger partial charge in [-0.1, -0.05) is 45.7 Å². The van der Waals surface area contributed by atoms with Crippen molar-refractivity contribution in [3.63, 3.8) is 0 Å². The van der Waals surface area contributed by atoms with Gasteiger partial charge in [-0.05, 0) is 59.7 Å². The van der Waals surface area contributed by atoms with Crippen LogP contribution in [0.1, 0.15) is 16.7 Å². The van der Waals surface area contributed by atoms with Crippen molar-refractivity contribution >= 4 is 45.2 Å². The van der Waals surface area contributed by atoms with Crippen molar-refractivity contribution in [3.8, 4) is 17.6 Å². The Morgan fingerprint density at radius 1 is 1.14 bits per heavy atom. The second kappa shape index (κ2) is 11.3. The maximum absolute atomic E-state index is 12.9. The molecule has 1 amide bonds. The topological polar surface area (TPSA) is 71.3 Å². The van der Waals surface area contributed by atoms with Crippen LogP contribution in [0.5, 0.6) is 11.5 Å². The molecular weight excluding hydrogens is 549 g/mol. The number of carbonyl (C=O) groups excluding carboxylic acids is 1. The maximum atomic E-state index is 12.9. The standard InChI is InChI=1S/C25H17BrClF3N2O3/c1-34-22-10-16(21(26)12-23(22)35-14-15-5-7-19(27)8-6-15)9-17(13-31)24(33)32-20-4-2-3-18(11-20)25(28,29)30/h2-12H,14H2,1H3,(H,32,33)/b17-9-. The normalized spacial score (nSPS) is 11.5. The zero-order chi connectivity index (χ0) is 25.6. The molecule has 0 bridgehead atoms. The summed E-state index contributed by atoms with van der Waals surface area (Å²) < 4.78 is 50.5. The summed E-state index contributed by atoms with van der Waals surface area (Å²) >= 11 is 9.28. The molecule has 0 radical (unpaired) electrons. The van der Waals surface area contributed by atoms with Crippen LogP contribution in [0.2, 0.25) is 5.02 Å². The summed E-state index contributed by atoms with van der Waals surface area (Å²) in [6.45, 7) is 0.248. The summed E-state index contributed by atoms with van der Waals surface area (Å²) in [5.41, 5.74) is -0.0148. The first kappa shape index (κ1) is 26.1. The van der Waals surface area contributed by atoms with Crippen LogP contribution in [0.3, 0.4) is 0 Å². The zero-order valence-electron chi connectivity index (χ0n) is 18.1. The molecule has 5 nitrogen and oxygen atoms in total. The third-order valence-electron chi connectivity index (χ3n) is 4.70. The number of anilines is 1. The van der Waals surface area contributed by atoms with E-state index in [0.29, 0.717) is 26.6 Å². The largest absolute Gasteiger partial charge is 0.493 e. The molecule has 0 aliphatic heterocycles. The smallest absolute Gasteiger partial charge is 0.416 e. The first-order valence-electron chi connectivity index (χ1n) is 9.96. The number of carbonyl (C=O) groups is 1. The van der Waals surface area contributed by atoms with Crippen LogP contribution >= 0.6 is 27.5 Å². The van der Waals surface area contributed by atoms with E-state index in [0.717, 1.165) is 17.7 Å². The van der Waals surface area contributed by atoms with E-state index in [4.69, 9.17) is 21.1 Å². The summed E-state index contributed by atoms with van der Waals surface area (Å²) in [7, 11) is 1.44. The van der Waals surface area contributed by atoms with Crippen molar-refractivity contribution in [1.29, 1.82) is 5.26 Å². The summed E-state index contributed by atoms with van der Waals surface area (Å²) in [4.78, 5) is 12.6. The number of hydrogen-bond donors (Lipinski definition) is 1. The summed E-state index contributed by atoms with van der Waals surface area (Å²) in [6.07, 6.45) is -3.27. The number of amides is 1. The Kier molecular flexibility index (Phi) is 8.43. The van der Waals surface area contributed by atoms with Crippen molar-refractivity contribution in [3.05, 3.63) is 92.4 Å². The average Bonchev–Trinajstić information content (AvgIpc) is 2.82. The molecule has 0 atom stereocenters. The molecule has 3 rings (SSSR count). The molecule has 0 aromatic heterocycles. The number of methoxy groups -OCH3 is 1. The monoisotopic (exact) mass is 564 g/mol. The van der Waals surface area contributed by atoms with E-state index in [-0.39, 0.29) is 17.9 Å². The summed E-state index contributed by atoms with van der Waals surface area (Å²) in [5, 5.41) is 12.4. The number of alkyl halides is 3. The van der Waals surface area contributed by atoms with Crippen LogP contribution in [0.25, 0.3) is 6.08 Å². The quantitative estimate of drug-likeness (QED) is 0.242. The maximum Gasteiger partial charge on any atom is 0.416 e. The first-order valence-corrected chi connectivity index (χ1v) is 11.1. The zero-order valence-corrected chi connectivity index (χ0v) is 20.5. The molecule has 3 aromatic carbocycles. The van der Waals surface area contributed by atoms with E-state index in [1.165, 1.54) is 25.3 Å². The fraction of sp³-hybridized carbons (Fsp3) is 0.120. The highest BCUT2D eigenvalue weighted by Crippen LogP contribution is 2.35. The van der Waals surface area contributed by atoms with Crippen LogP contribution in [-0.4, -0.2) is 13.0 Å². The Morgan fingerprint density at radius 2 is 1.86 bits per heavy atom. The second-order valence-corrected chi connectivity index (χ2v) is 8.43. The van der Waals surface area contributed by atoms with Crippen molar-refractivity contribution < 1.29 is 27.4 Å². The molecule has 0 unspecified atom stereocenters. The van der Waals surface area contributed by atoms with Crippen LogP contribution in [0, 0.1) is 11.3 Å². The number of nitrogens with zero attached hydrogens (tertiary/aromatic N) is 1. The molecule has 0 spiro atoms. The van der Waals surface area contributed by atoms with Crippen molar-refractivity contribution in [2.24, 2.45) is 0 Å². The molecule has 35 heavy (non-hydrogen) atoms. The molecule has 0 aliphatic rings. The fourth-order valence-electron chi connectivity index (χ4n) is 2.95. The van der Waals surface area contributed by atoms with Gasteiger partial charge in [-0.3, -0.25) is 4.79 Å². The van der Waals surface area contributed by atoms with Crippen molar-refractivity contribution in [2.45, 2.75) is 12.8 Å². The fourth-order valence-corrected chi connectivity index (χ4v) is 3.51. The molecule has 10 heteroatoms. The molecule has 0 heterocycles. The highest BCUT2D eigenvalue weighted by atomic mass is 79.9. The third kappa shape index (κ3) is 7.01. The molecule has 0 aliphatic carbocycles. The van der Waals surface area contributed by atoms with E-state index in [1.807, 2.05) is 12.1 Å². The Morgan fingerprint density at radius 3 is 2.49 bits per heavy atom. The lowest BCUT2D eigenvalue weighted by molar-refractivity contribution is -0.137. The summed E-state index contributed by atoms with van der Waals surface area (Å²) in [6, 6.07) is 16.2. The van der Waals surface area contributed by atoms with Gasteiger partial charge in [0, 0.05) is 15.2 Å². The van der Waals surface area contributed by atoms with Gasteiger partial charge in [0.05, 0.1) is 12.7 Å². The SMILES string of the molecule is COc1cc(/C=C(/C#N)C(=O)Nc2cccc(C(F)(F)F)c2)c(Br)cc1OCc1ccc(Cl)cc1. The van der Waals surface area contributed by atoms with Crippen LogP contribution < -0.4 is 14.8 Å². The van der Waals surface area contributed by atoms with Gasteiger partial charge in [-0.25, -0.2) is 0 Å². The van der Waals surface area contributed by atoms with Gasteiger partial charge in [-0.15, -0.1) is 0 Å². The van der Waals surface area contributed by atoms with Gasteiger partial charge in [0.2, 0.25) is 0 Å². The predicted octanol–water partition coefficient (Wildman–Crippen LogP) is 7.25. The number of rotatable bonds is 7. The van der Waals surface area contributed by atoms with Gasteiger partial charge < -0.3 is 14.8 Å². The minimum Gasteiger partial charge on any atom is -0.493 e. The van der Waals surface area contributed by atoms with E-state index < -0.39 is 17.6 Å². The van der Waals surface area contributed by atoms with Gasteiger partial charge in [0.1, 0.15) is 18.2 Å². The number of nitriles is 1. The van der Waals surface area contributed by atoms with E-state index >= 15 is 0 Å². The molecule has 3 aromatic rings. The van der Waals surface area contributed by atoms with E-state index in [2.05, 4.69) is 21.2 Å². The lowest BCUT2D eigenvalue weighted by atomic mass is 10.1. The van der Waals surface area contributed by atoms with Crippen molar-refractivity contribution in [1.82, 2.24) is 0 Å². The Balaban J connectivity index is 1.81. The number of hydrogen-bond acceptors (Lipinski definition) is 4. The molecule has 0 saturated heterocycles. The van der Waals surface area contributed by atoms with Gasteiger partial charge >= 0.3 is 6.18 Å². The Labute approximate surface area is 212 Å². The van der Waals surface area contributed by atoms with E-state index in [9.17, 15) is 23.2 Å². The highest BCUT2D eigenvalue weighted by molar-refractivity contribution is 9.10. The first-order chi connectivity index (χ1) is 16.6. The van der Waals surface area contributed by atoms with Crippen LogP contribution in [0.15, 0.2) is 70.7 Å². The summed E-state index contributed by atoms with van der Waals surface area (Å²) in [5.74, 6) is -0.0943. The molecular formula is C25H17BrClF3N2O3. The molecule has 1 N–H and O–H groups in total. The van der Waals surface area contributed by atoms with Gasteiger partial charge in [0.25, 0.3) is 5.91 Å². The number of halogens is 5. The van der Waals surface area contributed by atoms with Gasteiger partial charge in [-0.2, -0.15) is 18.4 Å². The lowest BCUT2D eigenvalue weighted by Crippen LogP contribution is -2.14. The number of nitrogens with one attached hydrogen (secondary N) is 1. The predicted molar refractivity (Wildman–Crippen MR) is 130 cm³/mol. The molecule has 0 fully saturated rings. The Hall–Kier alpha value is -3.48. The number of ether oxygens (including phenoxy) is 2. The minimum atomic E-state index is -4.56. The minimum absolute atomic E-state index is 0.0893. The average molecular weight is 566 g/mol. The lowest BCUT2D eigenvalue weighted by Gasteiger charge is -2.13.